The molecule has 0 aliphatic heterocycles. The molecule has 0 saturated heterocycles. The molecule has 7 heteroatoms. The standard InChI is InChI=1S/C12H15NO5S/c1-8(12(17)18)13(5-4-11(15)16)10(14)7-9-3-2-6-19-9/h2-3,6,8H,4-5,7H2,1H3,(H,15,16)(H,17,18). The van der Waals surface area contributed by atoms with Crippen LogP contribution < -0.4 is 0 Å². The average Bonchev–Trinajstić information content (AvgIpc) is 2.81. The number of amides is 1. The first-order valence-corrected chi connectivity index (χ1v) is 6.56. The van der Waals surface area contributed by atoms with Crippen LogP contribution in [0.25, 0.3) is 0 Å². The highest BCUT2D eigenvalue weighted by molar-refractivity contribution is 7.10. The predicted molar refractivity (Wildman–Crippen MR) is 69.1 cm³/mol. The van der Waals surface area contributed by atoms with E-state index in [4.69, 9.17) is 10.2 Å². The first kappa shape index (κ1) is 15.2. The van der Waals surface area contributed by atoms with Crippen molar-refractivity contribution in [3.8, 4) is 0 Å². The molecule has 0 aliphatic carbocycles. The van der Waals surface area contributed by atoms with Crippen LogP contribution in [-0.2, 0) is 20.8 Å². The van der Waals surface area contributed by atoms with E-state index in [1.165, 1.54) is 18.3 Å². The molecule has 1 heterocycles. The van der Waals surface area contributed by atoms with Gasteiger partial charge in [-0.05, 0) is 18.4 Å². The summed E-state index contributed by atoms with van der Waals surface area (Å²) < 4.78 is 0. The van der Waals surface area contributed by atoms with Crippen LogP contribution in [0.5, 0.6) is 0 Å². The quantitative estimate of drug-likeness (QED) is 0.781. The van der Waals surface area contributed by atoms with E-state index in [9.17, 15) is 14.4 Å². The molecule has 1 aromatic heterocycles. The van der Waals surface area contributed by atoms with Gasteiger partial charge in [0.2, 0.25) is 5.91 Å². The van der Waals surface area contributed by atoms with Crippen molar-refractivity contribution < 1.29 is 24.6 Å². The van der Waals surface area contributed by atoms with Crippen molar-refractivity contribution >= 4 is 29.2 Å². The maximum Gasteiger partial charge on any atom is 0.326 e. The van der Waals surface area contributed by atoms with E-state index in [-0.39, 0.29) is 25.3 Å². The molecule has 0 bridgehead atoms. The van der Waals surface area contributed by atoms with Crippen LogP contribution in [0, 0.1) is 0 Å². The number of hydrogen-bond donors (Lipinski definition) is 2. The Hall–Kier alpha value is -1.89. The highest BCUT2D eigenvalue weighted by atomic mass is 32.1. The van der Waals surface area contributed by atoms with Gasteiger partial charge in [-0.3, -0.25) is 9.59 Å². The Morgan fingerprint density at radius 2 is 2.05 bits per heavy atom. The molecular weight excluding hydrogens is 270 g/mol. The molecule has 0 fully saturated rings. The van der Waals surface area contributed by atoms with Crippen LogP contribution in [0.3, 0.4) is 0 Å². The highest BCUT2D eigenvalue weighted by Gasteiger charge is 2.26. The number of rotatable bonds is 7. The second-order valence-corrected chi connectivity index (χ2v) is 5.03. The molecule has 1 unspecified atom stereocenters. The number of carbonyl (C=O) groups is 3. The van der Waals surface area contributed by atoms with Gasteiger partial charge in [-0.25, -0.2) is 4.79 Å². The first-order valence-electron chi connectivity index (χ1n) is 5.68. The molecule has 0 spiro atoms. The number of carbonyl (C=O) groups excluding carboxylic acids is 1. The Morgan fingerprint density at radius 1 is 1.37 bits per heavy atom. The molecule has 1 amide bonds. The zero-order valence-electron chi connectivity index (χ0n) is 10.4. The van der Waals surface area contributed by atoms with Crippen LogP contribution in [0.1, 0.15) is 18.2 Å². The molecule has 0 aromatic carbocycles. The SMILES string of the molecule is CC(C(=O)O)N(CCC(=O)O)C(=O)Cc1cccs1. The molecule has 0 saturated carbocycles. The van der Waals surface area contributed by atoms with Crippen molar-refractivity contribution in [2.45, 2.75) is 25.8 Å². The lowest BCUT2D eigenvalue weighted by Crippen LogP contribution is -2.44. The van der Waals surface area contributed by atoms with Crippen molar-refractivity contribution in [3.63, 3.8) is 0 Å². The molecule has 6 nitrogen and oxygen atoms in total. The van der Waals surface area contributed by atoms with Gasteiger partial charge in [0.15, 0.2) is 0 Å². The van der Waals surface area contributed by atoms with Crippen molar-refractivity contribution in [1.82, 2.24) is 4.90 Å². The van der Waals surface area contributed by atoms with Gasteiger partial charge in [0.25, 0.3) is 0 Å². The monoisotopic (exact) mass is 285 g/mol. The summed E-state index contributed by atoms with van der Waals surface area (Å²) in [6.45, 7) is 1.27. The topological polar surface area (TPSA) is 94.9 Å². The summed E-state index contributed by atoms with van der Waals surface area (Å²) in [6.07, 6.45) is -0.178. The van der Waals surface area contributed by atoms with Crippen LogP contribution in [-0.4, -0.2) is 45.5 Å². The van der Waals surface area contributed by atoms with Gasteiger partial charge < -0.3 is 15.1 Å². The first-order chi connectivity index (χ1) is 8.91. The second kappa shape index (κ2) is 6.89. The third-order valence-corrected chi connectivity index (χ3v) is 3.49. The Morgan fingerprint density at radius 3 is 2.53 bits per heavy atom. The second-order valence-electron chi connectivity index (χ2n) is 4.00. The van der Waals surface area contributed by atoms with Crippen LogP contribution in [0.2, 0.25) is 0 Å². The van der Waals surface area contributed by atoms with Crippen molar-refractivity contribution in [1.29, 1.82) is 0 Å². The molecule has 1 aromatic rings. The Kier molecular flexibility index (Phi) is 5.50. The van der Waals surface area contributed by atoms with Crippen molar-refractivity contribution in [3.05, 3.63) is 22.4 Å². The molecule has 104 valence electrons. The third kappa shape index (κ3) is 4.70. The lowest BCUT2D eigenvalue weighted by Gasteiger charge is -2.25. The van der Waals surface area contributed by atoms with Gasteiger partial charge in [-0.2, -0.15) is 0 Å². The number of nitrogens with zero attached hydrogens (tertiary/aromatic N) is 1. The zero-order chi connectivity index (χ0) is 14.4. The van der Waals surface area contributed by atoms with E-state index >= 15 is 0 Å². The molecule has 1 rings (SSSR count). The molecule has 2 N–H and O–H groups in total. The van der Waals surface area contributed by atoms with Gasteiger partial charge >= 0.3 is 11.9 Å². The van der Waals surface area contributed by atoms with E-state index in [0.717, 1.165) is 9.78 Å². The van der Waals surface area contributed by atoms with Crippen LogP contribution >= 0.6 is 11.3 Å². The van der Waals surface area contributed by atoms with E-state index in [2.05, 4.69) is 0 Å². The number of carboxylic acids is 2. The minimum atomic E-state index is -1.15. The lowest BCUT2D eigenvalue weighted by atomic mass is 10.2. The molecule has 19 heavy (non-hydrogen) atoms. The highest BCUT2D eigenvalue weighted by Crippen LogP contribution is 2.12. The summed E-state index contributed by atoms with van der Waals surface area (Å²) in [7, 11) is 0. The third-order valence-electron chi connectivity index (χ3n) is 2.62. The number of thiophene rings is 1. The minimum absolute atomic E-state index is 0.0922. The zero-order valence-corrected chi connectivity index (χ0v) is 11.2. The fourth-order valence-corrected chi connectivity index (χ4v) is 2.24. The minimum Gasteiger partial charge on any atom is -0.481 e. The van der Waals surface area contributed by atoms with E-state index in [1.54, 1.807) is 12.1 Å². The molecule has 0 radical (unpaired) electrons. The normalized spacial score (nSPS) is 11.8. The molecule has 0 aliphatic rings. The molecule has 1 atom stereocenters. The van der Waals surface area contributed by atoms with Crippen LogP contribution in [0.15, 0.2) is 17.5 Å². The number of hydrogen-bond acceptors (Lipinski definition) is 4. The number of carboxylic acid groups (broad SMARTS) is 2. The van der Waals surface area contributed by atoms with Gasteiger partial charge in [0.1, 0.15) is 6.04 Å². The van der Waals surface area contributed by atoms with Gasteiger partial charge in [-0.1, -0.05) is 6.07 Å². The average molecular weight is 285 g/mol. The number of aliphatic carboxylic acids is 2. The lowest BCUT2D eigenvalue weighted by molar-refractivity contribution is -0.150. The maximum absolute atomic E-state index is 12.0. The largest absolute Gasteiger partial charge is 0.481 e. The van der Waals surface area contributed by atoms with Crippen LogP contribution in [0.4, 0.5) is 0 Å². The fourth-order valence-electron chi connectivity index (χ4n) is 1.55. The van der Waals surface area contributed by atoms with Crippen molar-refractivity contribution in [2.75, 3.05) is 6.54 Å². The predicted octanol–water partition coefficient (Wildman–Crippen LogP) is 1.07. The molecular formula is C12H15NO5S. The Balaban J connectivity index is 2.73. The fraction of sp³-hybridized carbons (Fsp3) is 0.417. The summed E-state index contributed by atoms with van der Waals surface area (Å²) >= 11 is 1.40. The Bertz CT molecular complexity index is 457. The van der Waals surface area contributed by atoms with Gasteiger partial charge in [0.05, 0.1) is 12.8 Å². The Labute approximate surface area is 114 Å². The van der Waals surface area contributed by atoms with E-state index < -0.39 is 18.0 Å². The summed E-state index contributed by atoms with van der Waals surface area (Å²) in [5.41, 5.74) is 0. The van der Waals surface area contributed by atoms with Gasteiger partial charge in [-0.15, -0.1) is 11.3 Å². The summed E-state index contributed by atoms with van der Waals surface area (Å²) in [5.74, 6) is -2.59. The van der Waals surface area contributed by atoms with E-state index in [1.807, 2.05) is 5.38 Å². The maximum atomic E-state index is 12.0. The van der Waals surface area contributed by atoms with Gasteiger partial charge in [0, 0.05) is 11.4 Å². The summed E-state index contributed by atoms with van der Waals surface area (Å²) in [5, 5.41) is 19.4. The summed E-state index contributed by atoms with van der Waals surface area (Å²) in [6, 6.07) is 2.55. The summed E-state index contributed by atoms with van der Waals surface area (Å²) in [4.78, 5) is 35.5. The smallest absolute Gasteiger partial charge is 0.326 e. The van der Waals surface area contributed by atoms with E-state index in [0.29, 0.717) is 0 Å². The van der Waals surface area contributed by atoms with Crippen molar-refractivity contribution in [2.24, 2.45) is 0 Å².